The number of aromatic nitrogens is 1. The highest BCUT2D eigenvalue weighted by Crippen LogP contribution is 2.36. The Morgan fingerprint density at radius 1 is 1.37 bits per heavy atom. The SMILES string of the molecule is COc1cccc2c(NCC(Cl)C3CC3)nccc12. The van der Waals surface area contributed by atoms with E-state index in [4.69, 9.17) is 16.3 Å². The predicted octanol–water partition coefficient (Wildman–Crippen LogP) is 3.67. The van der Waals surface area contributed by atoms with Gasteiger partial charge >= 0.3 is 0 Å². The van der Waals surface area contributed by atoms with Crippen molar-refractivity contribution in [3.63, 3.8) is 0 Å². The smallest absolute Gasteiger partial charge is 0.134 e. The molecular weight excluding hydrogens is 260 g/mol. The number of nitrogens with one attached hydrogen (secondary N) is 1. The number of methoxy groups -OCH3 is 1. The highest BCUT2D eigenvalue weighted by Gasteiger charge is 2.29. The Morgan fingerprint density at radius 3 is 2.95 bits per heavy atom. The maximum Gasteiger partial charge on any atom is 0.134 e. The molecule has 3 nitrogen and oxygen atoms in total. The van der Waals surface area contributed by atoms with E-state index >= 15 is 0 Å². The zero-order valence-corrected chi connectivity index (χ0v) is 11.7. The first-order valence-corrected chi connectivity index (χ1v) is 7.03. The van der Waals surface area contributed by atoms with Crippen LogP contribution in [0.3, 0.4) is 0 Å². The number of ether oxygens (including phenoxy) is 1. The molecule has 19 heavy (non-hydrogen) atoms. The predicted molar refractivity (Wildman–Crippen MR) is 79.1 cm³/mol. The summed E-state index contributed by atoms with van der Waals surface area (Å²) in [5, 5.41) is 5.70. The van der Waals surface area contributed by atoms with Gasteiger partial charge in [-0.3, -0.25) is 0 Å². The average Bonchev–Trinajstić information content (AvgIpc) is 3.28. The molecule has 1 aromatic heterocycles. The van der Waals surface area contributed by atoms with E-state index in [2.05, 4.69) is 10.3 Å². The van der Waals surface area contributed by atoms with Crippen LogP contribution in [-0.2, 0) is 0 Å². The second-order valence-electron chi connectivity index (χ2n) is 4.95. The van der Waals surface area contributed by atoms with Crippen LogP contribution in [-0.4, -0.2) is 24.0 Å². The number of pyridine rings is 1. The zero-order valence-electron chi connectivity index (χ0n) is 10.9. The third kappa shape index (κ3) is 2.61. The Balaban J connectivity index is 1.86. The summed E-state index contributed by atoms with van der Waals surface area (Å²) in [6.07, 6.45) is 4.31. The van der Waals surface area contributed by atoms with E-state index in [0.29, 0.717) is 5.92 Å². The normalized spacial score (nSPS) is 16.3. The molecule has 4 heteroatoms. The standard InChI is InChI=1S/C15H17ClN2O/c1-19-14-4-2-3-12-11(14)7-8-17-15(12)18-9-13(16)10-5-6-10/h2-4,7-8,10,13H,5-6,9H2,1H3,(H,17,18). The van der Waals surface area contributed by atoms with E-state index in [9.17, 15) is 0 Å². The minimum Gasteiger partial charge on any atom is -0.496 e. The van der Waals surface area contributed by atoms with E-state index in [0.717, 1.165) is 28.9 Å². The lowest BCUT2D eigenvalue weighted by molar-refractivity contribution is 0.420. The topological polar surface area (TPSA) is 34.1 Å². The number of alkyl halides is 1. The molecule has 100 valence electrons. The molecule has 1 aliphatic rings. The van der Waals surface area contributed by atoms with Gasteiger partial charge in [0.15, 0.2) is 0 Å². The number of nitrogens with zero attached hydrogens (tertiary/aromatic N) is 1. The van der Waals surface area contributed by atoms with Crippen LogP contribution in [0.25, 0.3) is 10.8 Å². The highest BCUT2D eigenvalue weighted by molar-refractivity contribution is 6.21. The number of hydrogen-bond acceptors (Lipinski definition) is 3. The van der Waals surface area contributed by atoms with Crippen molar-refractivity contribution in [3.05, 3.63) is 30.5 Å². The van der Waals surface area contributed by atoms with Gasteiger partial charge in [0, 0.05) is 23.5 Å². The van der Waals surface area contributed by atoms with Gasteiger partial charge in [-0.1, -0.05) is 12.1 Å². The van der Waals surface area contributed by atoms with Crippen molar-refractivity contribution in [2.75, 3.05) is 19.0 Å². The summed E-state index contributed by atoms with van der Waals surface area (Å²) in [7, 11) is 1.68. The van der Waals surface area contributed by atoms with Gasteiger partial charge in [-0.25, -0.2) is 4.98 Å². The number of anilines is 1. The maximum atomic E-state index is 6.32. The fraction of sp³-hybridized carbons (Fsp3) is 0.400. The van der Waals surface area contributed by atoms with Crippen LogP contribution in [0.2, 0.25) is 0 Å². The van der Waals surface area contributed by atoms with E-state index in [1.54, 1.807) is 13.3 Å². The van der Waals surface area contributed by atoms with E-state index in [1.807, 2.05) is 24.3 Å². The van der Waals surface area contributed by atoms with Gasteiger partial charge in [0.1, 0.15) is 11.6 Å². The van der Waals surface area contributed by atoms with Crippen molar-refractivity contribution in [2.24, 2.45) is 5.92 Å². The molecule has 1 aromatic carbocycles. The van der Waals surface area contributed by atoms with Crippen LogP contribution >= 0.6 is 11.6 Å². The maximum absolute atomic E-state index is 6.32. The minimum atomic E-state index is 0.197. The van der Waals surface area contributed by atoms with Crippen molar-refractivity contribution < 1.29 is 4.74 Å². The Kier molecular flexibility index (Phi) is 3.47. The summed E-state index contributed by atoms with van der Waals surface area (Å²) in [6, 6.07) is 7.96. The fourth-order valence-corrected chi connectivity index (χ4v) is 2.65. The third-order valence-corrected chi connectivity index (χ3v) is 4.09. The summed E-state index contributed by atoms with van der Waals surface area (Å²) < 4.78 is 5.37. The number of rotatable bonds is 5. The number of benzene rings is 1. The lowest BCUT2D eigenvalue weighted by atomic mass is 10.1. The summed E-state index contributed by atoms with van der Waals surface area (Å²) >= 11 is 6.32. The largest absolute Gasteiger partial charge is 0.496 e. The van der Waals surface area contributed by atoms with E-state index < -0.39 is 0 Å². The minimum absolute atomic E-state index is 0.197. The molecule has 0 saturated heterocycles. The molecule has 0 spiro atoms. The Hall–Kier alpha value is -1.48. The van der Waals surface area contributed by atoms with Crippen molar-refractivity contribution in [3.8, 4) is 5.75 Å². The molecule has 1 heterocycles. The molecule has 1 aliphatic carbocycles. The van der Waals surface area contributed by atoms with Gasteiger partial charge in [-0.05, 0) is 30.9 Å². The fourth-order valence-electron chi connectivity index (χ4n) is 2.32. The van der Waals surface area contributed by atoms with E-state index in [-0.39, 0.29) is 5.38 Å². The molecule has 1 N–H and O–H groups in total. The Labute approximate surface area is 117 Å². The van der Waals surface area contributed by atoms with Gasteiger partial charge in [0.05, 0.1) is 12.5 Å². The molecule has 0 bridgehead atoms. The van der Waals surface area contributed by atoms with E-state index in [1.165, 1.54) is 12.8 Å². The van der Waals surface area contributed by atoms with Gasteiger partial charge in [-0.15, -0.1) is 11.6 Å². The first-order valence-electron chi connectivity index (χ1n) is 6.59. The van der Waals surface area contributed by atoms with Crippen LogP contribution in [0.15, 0.2) is 30.5 Å². The van der Waals surface area contributed by atoms with Crippen LogP contribution in [0.5, 0.6) is 5.75 Å². The summed E-state index contributed by atoms with van der Waals surface area (Å²) in [5.74, 6) is 2.42. The highest BCUT2D eigenvalue weighted by atomic mass is 35.5. The number of fused-ring (bicyclic) bond motifs is 1. The molecule has 1 saturated carbocycles. The molecular formula is C15H17ClN2O. The summed E-state index contributed by atoms with van der Waals surface area (Å²) in [5.41, 5.74) is 0. The van der Waals surface area contributed by atoms with Gasteiger partial charge in [0.2, 0.25) is 0 Å². The van der Waals surface area contributed by atoms with Crippen LogP contribution in [0.4, 0.5) is 5.82 Å². The molecule has 3 rings (SSSR count). The van der Waals surface area contributed by atoms with Gasteiger partial charge < -0.3 is 10.1 Å². The Morgan fingerprint density at radius 2 is 2.21 bits per heavy atom. The Bertz CT molecular complexity index is 583. The molecule has 0 aliphatic heterocycles. The first-order chi connectivity index (χ1) is 9.29. The number of halogens is 1. The van der Waals surface area contributed by atoms with Crippen molar-refractivity contribution in [1.82, 2.24) is 4.98 Å². The number of hydrogen-bond donors (Lipinski definition) is 1. The third-order valence-electron chi connectivity index (χ3n) is 3.58. The second-order valence-corrected chi connectivity index (χ2v) is 5.51. The monoisotopic (exact) mass is 276 g/mol. The van der Waals surface area contributed by atoms with Crippen molar-refractivity contribution in [1.29, 1.82) is 0 Å². The molecule has 1 atom stereocenters. The van der Waals surface area contributed by atoms with Crippen LogP contribution in [0.1, 0.15) is 12.8 Å². The molecule has 1 fully saturated rings. The van der Waals surface area contributed by atoms with Crippen molar-refractivity contribution in [2.45, 2.75) is 18.2 Å². The summed E-state index contributed by atoms with van der Waals surface area (Å²) in [4.78, 5) is 4.41. The van der Waals surface area contributed by atoms with Crippen LogP contribution in [0, 0.1) is 5.92 Å². The van der Waals surface area contributed by atoms with Crippen molar-refractivity contribution >= 4 is 28.2 Å². The lowest BCUT2D eigenvalue weighted by Gasteiger charge is -2.13. The zero-order chi connectivity index (χ0) is 13.2. The quantitative estimate of drug-likeness (QED) is 0.846. The molecule has 0 radical (unpaired) electrons. The molecule has 0 amide bonds. The second kappa shape index (κ2) is 5.25. The molecule has 1 unspecified atom stereocenters. The van der Waals surface area contributed by atoms with Crippen LogP contribution < -0.4 is 10.1 Å². The van der Waals surface area contributed by atoms with Gasteiger partial charge in [0.25, 0.3) is 0 Å². The van der Waals surface area contributed by atoms with Gasteiger partial charge in [-0.2, -0.15) is 0 Å². The first kappa shape index (κ1) is 12.5. The lowest BCUT2D eigenvalue weighted by Crippen LogP contribution is -2.16. The summed E-state index contributed by atoms with van der Waals surface area (Å²) in [6.45, 7) is 0.759. The molecule has 2 aromatic rings. The average molecular weight is 277 g/mol.